The van der Waals surface area contributed by atoms with Crippen molar-refractivity contribution in [2.75, 3.05) is 11.9 Å². The monoisotopic (exact) mass is 367 g/mol. The van der Waals surface area contributed by atoms with Gasteiger partial charge in [-0.25, -0.2) is 0 Å². The second-order valence-electron chi connectivity index (χ2n) is 6.37. The number of anilines is 1. The van der Waals surface area contributed by atoms with E-state index in [4.69, 9.17) is 0 Å². The predicted octanol–water partition coefficient (Wildman–Crippen LogP) is 2.52. The van der Waals surface area contributed by atoms with Gasteiger partial charge in [-0.2, -0.15) is 0 Å². The normalized spacial score (nSPS) is 13.0. The van der Waals surface area contributed by atoms with Crippen molar-refractivity contribution in [1.29, 1.82) is 0 Å². The van der Waals surface area contributed by atoms with E-state index >= 15 is 0 Å². The zero-order chi connectivity index (χ0) is 19.6. The van der Waals surface area contributed by atoms with Gasteiger partial charge in [0.1, 0.15) is 0 Å². The molecule has 0 radical (unpaired) electrons. The van der Waals surface area contributed by atoms with Crippen LogP contribution in [0.1, 0.15) is 57.8 Å². The van der Waals surface area contributed by atoms with Crippen LogP contribution in [0.2, 0.25) is 0 Å². The van der Waals surface area contributed by atoms with Gasteiger partial charge in [-0.1, -0.05) is 13.3 Å². The molecule has 7 heteroatoms. The number of carbonyl (C=O) groups excluding carboxylic acids is 3. The summed E-state index contributed by atoms with van der Waals surface area (Å²) >= 11 is 0. The maximum Gasteiger partial charge on any atom is 0.261 e. The molecule has 0 unspecified atom stereocenters. The van der Waals surface area contributed by atoms with E-state index in [2.05, 4.69) is 5.32 Å². The maximum atomic E-state index is 12.5. The number of pyridine rings is 1. The number of carbonyl (C=O) groups is 3. The van der Waals surface area contributed by atoms with Gasteiger partial charge < -0.3 is 9.88 Å². The van der Waals surface area contributed by atoms with Crippen molar-refractivity contribution in [1.82, 2.24) is 9.47 Å². The molecule has 0 bridgehead atoms. The summed E-state index contributed by atoms with van der Waals surface area (Å²) < 4.78 is 1.48. The van der Waals surface area contributed by atoms with Crippen molar-refractivity contribution < 1.29 is 14.4 Å². The summed E-state index contributed by atoms with van der Waals surface area (Å²) in [7, 11) is 0. The van der Waals surface area contributed by atoms with Gasteiger partial charge in [0, 0.05) is 30.9 Å². The largest absolute Gasteiger partial charge is 0.321 e. The molecule has 1 aromatic carbocycles. The van der Waals surface area contributed by atoms with Crippen LogP contribution in [0.5, 0.6) is 0 Å². The van der Waals surface area contributed by atoms with Crippen molar-refractivity contribution >= 4 is 23.4 Å². The molecule has 0 saturated carbocycles. The summed E-state index contributed by atoms with van der Waals surface area (Å²) in [6.45, 7) is 4.69. The van der Waals surface area contributed by atoms with E-state index in [1.54, 1.807) is 6.20 Å². The van der Waals surface area contributed by atoms with Crippen molar-refractivity contribution in [2.24, 2.45) is 0 Å². The van der Waals surface area contributed by atoms with E-state index in [1.807, 2.05) is 13.8 Å². The highest BCUT2D eigenvalue weighted by Gasteiger charge is 2.35. The van der Waals surface area contributed by atoms with Gasteiger partial charge in [-0.15, -0.1) is 0 Å². The number of aryl methyl sites for hydroxylation is 1. The molecule has 0 spiro atoms. The SMILES string of the molecule is CCCCN1C(=O)c2ccc(C(=O)Nc3ccc(=O)n(CC)c3)cc2C1=O. The quantitative estimate of drug-likeness (QED) is 0.795. The van der Waals surface area contributed by atoms with Gasteiger partial charge in [-0.3, -0.25) is 24.1 Å². The van der Waals surface area contributed by atoms with Crippen LogP contribution in [0.4, 0.5) is 5.69 Å². The second-order valence-corrected chi connectivity index (χ2v) is 6.37. The Morgan fingerprint density at radius 1 is 1.00 bits per heavy atom. The lowest BCUT2D eigenvalue weighted by molar-refractivity contribution is 0.0652. The predicted molar refractivity (Wildman–Crippen MR) is 101 cm³/mol. The van der Waals surface area contributed by atoms with E-state index < -0.39 is 5.91 Å². The first kappa shape index (κ1) is 18.6. The average Bonchev–Trinajstić information content (AvgIpc) is 2.91. The van der Waals surface area contributed by atoms with Crippen LogP contribution in [0.25, 0.3) is 0 Å². The smallest absolute Gasteiger partial charge is 0.261 e. The van der Waals surface area contributed by atoms with Crippen LogP contribution in [0.15, 0.2) is 41.3 Å². The molecule has 140 valence electrons. The Kier molecular flexibility index (Phi) is 5.21. The lowest BCUT2D eigenvalue weighted by Crippen LogP contribution is -2.30. The molecule has 0 saturated heterocycles. The van der Waals surface area contributed by atoms with Gasteiger partial charge in [0.05, 0.1) is 16.8 Å². The summed E-state index contributed by atoms with van der Waals surface area (Å²) in [5.41, 5.74) is 1.19. The molecular weight excluding hydrogens is 346 g/mol. The van der Waals surface area contributed by atoms with Crippen molar-refractivity contribution in [3.8, 4) is 0 Å². The molecule has 3 rings (SSSR count). The van der Waals surface area contributed by atoms with Gasteiger partial charge in [0.2, 0.25) is 0 Å². The number of hydrogen-bond acceptors (Lipinski definition) is 4. The number of hydrogen-bond donors (Lipinski definition) is 1. The van der Waals surface area contributed by atoms with E-state index in [-0.39, 0.29) is 28.5 Å². The van der Waals surface area contributed by atoms with E-state index in [0.717, 1.165) is 12.8 Å². The number of nitrogens with zero attached hydrogens (tertiary/aromatic N) is 2. The Morgan fingerprint density at radius 3 is 2.44 bits per heavy atom. The van der Waals surface area contributed by atoms with Crippen LogP contribution in [-0.2, 0) is 6.54 Å². The number of benzene rings is 1. The van der Waals surface area contributed by atoms with E-state index in [1.165, 1.54) is 39.8 Å². The maximum absolute atomic E-state index is 12.5. The number of aromatic nitrogens is 1. The minimum Gasteiger partial charge on any atom is -0.321 e. The number of unbranched alkanes of at least 4 members (excludes halogenated alkanes) is 1. The Morgan fingerprint density at radius 2 is 1.74 bits per heavy atom. The van der Waals surface area contributed by atoms with Crippen LogP contribution in [0.3, 0.4) is 0 Å². The number of imide groups is 1. The van der Waals surface area contributed by atoms with Gasteiger partial charge in [0.25, 0.3) is 23.3 Å². The number of rotatable bonds is 6. The molecule has 2 aromatic rings. The lowest BCUT2D eigenvalue weighted by Gasteiger charge is -2.12. The molecule has 0 atom stereocenters. The Labute approximate surface area is 156 Å². The minimum atomic E-state index is -0.411. The minimum absolute atomic E-state index is 0.149. The van der Waals surface area contributed by atoms with Crippen LogP contribution in [-0.4, -0.2) is 33.7 Å². The second kappa shape index (κ2) is 7.57. The highest BCUT2D eigenvalue weighted by atomic mass is 16.2. The summed E-state index contributed by atoms with van der Waals surface area (Å²) in [5, 5.41) is 2.71. The number of nitrogens with one attached hydrogen (secondary N) is 1. The third kappa shape index (κ3) is 3.53. The fourth-order valence-electron chi connectivity index (χ4n) is 3.01. The third-order valence-electron chi connectivity index (χ3n) is 4.55. The number of amides is 3. The average molecular weight is 367 g/mol. The van der Waals surface area contributed by atoms with E-state index in [9.17, 15) is 19.2 Å². The first-order chi connectivity index (χ1) is 13.0. The van der Waals surface area contributed by atoms with Gasteiger partial charge >= 0.3 is 0 Å². The topological polar surface area (TPSA) is 88.5 Å². The first-order valence-electron chi connectivity index (χ1n) is 8.98. The standard InChI is InChI=1S/C20H21N3O4/c1-3-5-10-23-19(26)15-8-6-13(11-16(15)20(23)27)18(25)21-14-7-9-17(24)22(4-2)12-14/h6-9,11-12H,3-5,10H2,1-2H3,(H,21,25). The zero-order valence-electron chi connectivity index (χ0n) is 15.3. The first-order valence-corrected chi connectivity index (χ1v) is 8.98. The fraction of sp³-hybridized carbons (Fsp3) is 0.300. The summed E-state index contributed by atoms with van der Waals surface area (Å²) in [6.07, 6.45) is 3.18. The van der Waals surface area contributed by atoms with Crippen molar-refractivity contribution in [3.63, 3.8) is 0 Å². The van der Waals surface area contributed by atoms with Gasteiger partial charge in [0.15, 0.2) is 0 Å². The molecule has 7 nitrogen and oxygen atoms in total. The molecule has 1 aromatic heterocycles. The highest BCUT2D eigenvalue weighted by molar-refractivity contribution is 6.22. The molecule has 1 aliphatic rings. The van der Waals surface area contributed by atoms with Crippen LogP contribution < -0.4 is 10.9 Å². The highest BCUT2D eigenvalue weighted by Crippen LogP contribution is 2.24. The number of fused-ring (bicyclic) bond motifs is 1. The Hall–Kier alpha value is -3.22. The van der Waals surface area contributed by atoms with Crippen LogP contribution in [0, 0.1) is 0 Å². The Balaban J connectivity index is 1.83. The molecule has 0 aliphatic carbocycles. The molecule has 2 heterocycles. The molecular formula is C20H21N3O4. The third-order valence-corrected chi connectivity index (χ3v) is 4.55. The van der Waals surface area contributed by atoms with Gasteiger partial charge in [-0.05, 0) is 37.6 Å². The summed E-state index contributed by atoms with van der Waals surface area (Å²) in [4.78, 5) is 50.3. The Bertz CT molecular complexity index is 977. The molecule has 3 amide bonds. The molecule has 1 aliphatic heterocycles. The fourth-order valence-corrected chi connectivity index (χ4v) is 3.01. The summed E-state index contributed by atoms with van der Waals surface area (Å²) in [6, 6.07) is 7.41. The zero-order valence-corrected chi connectivity index (χ0v) is 15.3. The van der Waals surface area contributed by atoms with Crippen molar-refractivity contribution in [3.05, 3.63) is 63.6 Å². The van der Waals surface area contributed by atoms with Crippen LogP contribution >= 0.6 is 0 Å². The molecule has 27 heavy (non-hydrogen) atoms. The van der Waals surface area contributed by atoms with Crippen molar-refractivity contribution in [2.45, 2.75) is 33.2 Å². The summed E-state index contributed by atoms with van der Waals surface area (Å²) in [5.74, 6) is -1.09. The molecule has 1 N–H and O–H groups in total. The molecule has 0 fully saturated rings. The lowest BCUT2D eigenvalue weighted by atomic mass is 10.1. The van der Waals surface area contributed by atoms with E-state index in [0.29, 0.717) is 24.3 Å².